The van der Waals surface area contributed by atoms with Crippen molar-refractivity contribution in [3.8, 4) is 0 Å². The molecule has 0 aliphatic rings. The van der Waals surface area contributed by atoms with Crippen molar-refractivity contribution in [1.29, 1.82) is 0 Å². The van der Waals surface area contributed by atoms with Gasteiger partial charge in [0, 0.05) is 11.5 Å². The van der Waals surface area contributed by atoms with E-state index < -0.39 is 5.97 Å². The Balaban J connectivity index is 0.000000344. The van der Waals surface area contributed by atoms with Crippen molar-refractivity contribution >= 4 is 18.6 Å². The molecule has 0 saturated heterocycles. The van der Waals surface area contributed by atoms with E-state index in [1.807, 2.05) is 0 Å². The van der Waals surface area contributed by atoms with Crippen LogP contribution in [0.2, 0.25) is 0 Å². The van der Waals surface area contributed by atoms with Crippen molar-refractivity contribution in [3.05, 3.63) is 29.8 Å². The summed E-state index contributed by atoms with van der Waals surface area (Å²) in [6.45, 7) is 4.83. The summed E-state index contributed by atoms with van der Waals surface area (Å²) in [6, 6.07) is 6.58. The summed E-state index contributed by atoms with van der Waals surface area (Å²) < 4.78 is 0. The van der Waals surface area contributed by atoms with Gasteiger partial charge in [-0.3, -0.25) is 0 Å². The molecular weight excluding hydrogens is 260 g/mol. The molecule has 1 aromatic carbocycles. The van der Waals surface area contributed by atoms with Crippen LogP contribution in [-0.4, -0.2) is 22.8 Å². The molecule has 0 aliphatic heterocycles. The van der Waals surface area contributed by atoms with Gasteiger partial charge < -0.3 is 10.2 Å². The molecule has 0 atom stereocenters. The predicted octanol–water partition coefficient (Wildman–Crippen LogP) is 3.87. The van der Waals surface area contributed by atoms with Gasteiger partial charge in [0.25, 0.3) is 0 Å². The maximum atomic E-state index is 10.4. The number of unbranched alkanes of at least 4 members (excludes halogenated alkanes) is 2. The minimum absolute atomic E-state index is 0.242. The van der Waals surface area contributed by atoms with Gasteiger partial charge in [-0.15, -0.1) is 12.6 Å². The average molecular weight is 284 g/mol. The molecule has 0 bridgehead atoms. The van der Waals surface area contributed by atoms with Crippen LogP contribution in [0, 0.1) is 5.92 Å². The van der Waals surface area contributed by atoms with Gasteiger partial charge >= 0.3 is 5.97 Å². The summed E-state index contributed by atoms with van der Waals surface area (Å²) in [7, 11) is 0. The van der Waals surface area contributed by atoms with Gasteiger partial charge in [0.15, 0.2) is 0 Å². The van der Waals surface area contributed by atoms with Crippen LogP contribution in [0.1, 0.15) is 49.9 Å². The fourth-order valence-corrected chi connectivity index (χ4v) is 1.75. The third-order valence-electron chi connectivity index (χ3n) is 2.57. The van der Waals surface area contributed by atoms with Crippen molar-refractivity contribution in [3.63, 3.8) is 0 Å². The standard InChI is InChI=1S/C8H18O.C7H6O2S/c1-8(2)6-4-3-5-7-9;8-7(9)5-3-1-2-4-6(5)10/h8-9H,3-7H2,1-2H3;1-4,10H,(H,8,9). The van der Waals surface area contributed by atoms with Gasteiger partial charge in [0.05, 0.1) is 5.56 Å². The molecule has 1 rings (SSSR count). The van der Waals surface area contributed by atoms with E-state index in [1.165, 1.54) is 25.3 Å². The number of aromatic carboxylic acids is 1. The topological polar surface area (TPSA) is 57.5 Å². The lowest BCUT2D eigenvalue weighted by molar-refractivity contribution is 0.0693. The molecule has 1 aromatic rings. The fraction of sp³-hybridized carbons (Fsp3) is 0.533. The zero-order chi connectivity index (χ0) is 14.7. The third kappa shape index (κ3) is 9.56. The number of rotatable bonds is 6. The van der Waals surface area contributed by atoms with E-state index in [4.69, 9.17) is 10.2 Å². The van der Waals surface area contributed by atoms with Crippen LogP contribution in [0.5, 0.6) is 0 Å². The molecule has 0 amide bonds. The minimum atomic E-state index is -0.939. The van der Waals surface area contributed by atoms with Gasteiger partial charge in [-0.2, -0.15) is 0 Å². The minimum Gasteiger partial charge on any atom is -0.478 e. The van der Waals surface area contributed by atoms with E-state index in [0.29, 0.717) is 11.5 Å². The van der Waals surface area contributed by atoms with Crippen molar-refractivity contribution in [1.82, 2.24) is 0 Å². The van der Waals surface area contributed by atoms with E-state index in [1.54, 1.807) is 18.2 Å². The van der Waals surface area contributed by atoms with E-state index in [9.17, 15) is 4.79 Å². The number of hydrogen-bond acceptors (Lipinski definition) is 3. The fourth-order valence-electron chi connectivity index (χ4n) is 1.50. The lowest BCUT2D eigenvalue weighted by Crippen LogP contribution is -1.96. The zero-order valence-corrected chi connectivity index (χ0v) is 12.6. The van der Waals surface area contributed by atoms with Crippen LogP contribution in [0.4, 0.5) is 0 Å². The largest absolute Gasteiger partial charge is 0.478 e. The van der Waals surface area contributed by atoms with Crippen LogP contribution in [0.3, 0.4) is 0 Å². The van der Waals surface area contributed by atoms with Crippen LogP contribution in [0.15, 0.2) is 29.2 Å². The van der Waals surface area contributed by atoms with Gasteiger partial charge in [-0.05, 0) is 24.5 Å². The monoisotopic (exact) mass is 284 g/mol. The molecule has 3 nitrogen and oxygen atoms in total. The smallest absolute Gasteiger partial charge is 0.336 e. The second-order valence-electron chi connectivity index (χ2n) is 4.79. The van der Waals surface area contributed by atoms with Crippen LogP contribution in [0.25, 0.3) is 0 Å². The Morgan fingerprint density at radius 1 is 1.21 bits per heavy atom. The summed E-state index contributed by atoms with van der Waals surface area (Å²) in [4.78, 5) is 10.9. The third-order valence-corrected chi connectivity index (χ3v) is 2.96. The highest BCUT2D eigenvalue weighted by molar-refractivity contribution is 7.80. The first-order chi connectivity index (χ1) is 8.99. The van der Waals surface area contributed by atoms with Gasteiger partial charge in [0.2, 0.25) is 0 Å². The van der Waals surface area contributed by atoms with Crippen LogP contribution >= 0.6 is 12.6 Å². The Labute approximate surface area is 121 Å². The molecule has 0 heterocycles. The molecule has 4 heteroatoms. The summed E-state index contributed by atoms with van der Waals surface area (Å²) in [5.41, 5.74) is 0.242. The van der Waals surface area contributed by atoms with Crippen molar-refractivity contribution in [2.75, 3.05) is 6.61 Å². The first-order valence-corrected chi connectivity index (χ1v) is 7.06. The maximum Gasteiger partial charge on any atom is 0.336 e. The molecule has 0 unspecified atom stereocenters. The summed E-state index contributed by atoms with van der Waals surface area (Å²) >= 11 is 3.96. The van der Waals surface area contributed by atoms with Gasteiger partial charge in [-0.1, -0.05) is 45.2 Å². The Morgan fingerprint density at radius 3 is 2.26 bits per heavy atom. The SMILES string of the molecule is CC(C)CCCCCO.O=C(O)c1ccccc1S. The Hall–Kier alpha value is -1.00. The quantitative estimate of drug-likeness (QED) is 0.549. The Bertz CT molecular complexity index is 364. The highest BCUT2D eigenvalue weighted by Gasteiger charge is 2.03. The molecule has 2 N–H and O–H groups in total. The Morgan fingerprint density at radius 2 is 1.84 bits per heavy atom. The predicted molar refractivity (Wildman–Crippen MR) is 81.0 cm³/mol. The molecule has 0 aromatic heterocycles. The first-order valence-electron chi connectivity index (χ1n) is 6.61. The van der Waals surface area contributed by atoms with E-state index in [0.717, 1.165) is 12.3 Å². The molecule has 108 valence electrons. The summed E-state index contributed by atoms with van der Waals surface area (Å²) in [5.74, 6) is -0.116. The molecule has 19 heavy (non-hydrogen) atoms. The van der Waals surface area contributed by atoms with Crippen molar-refractivity contribution in [2.24, 2.45) is 5.92 Å². The van der Waals surface area contributed by atoms with Gasteiger partial charge in [-0.25, -0.2) is 4.79 Å². The number of carbonyl (C=O) groups is 1. The Kier molecular flexibility index (Phi) is 10.3. The van der Waals surface area contributed by atoms with E-state index in [2.05, 4.69) is 26.5 Å². The lowest BCUT2D eigenvalue weighted by atomic mass is 10.1. The van der Waals surface area contributed by atoms with Crippen molar-refractivity contribution < 1.29 is 15.0 Å². The number of benzene rings is 1. The molecule has 0 radical (unpaired) electrons. The zero-order valence-electron chi connectivity index (χ0n) is 11.7. The average Bonchev–Trinajstić information content (AvgIpc) is 2.35. The number of carboxylic acids is 1. The first kappa shape index (κ1) is 18.0. The van der Waals surface area contributed by atoms with E-state index in [-0.39, 0.29) is 5.56 Å². The molecule has 0 spiro atoms. The summed E-state index contributed by atoms with van der Waals surface area (Å²) in [5, 5.41) is 16.9. The number of aliphatic hydroxyl groups excluding tert-OH is 1. The van der Waals surface area contributed by atoms with Crippen LogP contribution in [-0.2, 0) is 0 Å². The van der Waals surface area contributed by atoms with Crippen molar-refractivity contribution in [2.45, 2.75) is 44.4 Å². The maximum absolute atomic E-state index is 10.4. The van der Waals surface area contributed by atoms with E-state index >= 15 is 0 Å². The second-order valence-corrected chi connectivity index (χ2v) is 5.27. The number of carboxylic acid groups (broad SMARTS) is 1. The lowest BCUT2D eigenvalue weighted by Gasteiger charge is -2.01. The number of aliphatic hydroxyl groups is 1. The second kappa shape index (κ2) is 10.9. The van der Waals surface area contributed by atoms with Gasteiger partial charge in [0.1, 0.15) is 0 Å². The highest BCUT2D eigenvalue weighted by atomic mass is 32.1. The van der Waals surface area contributed by atoms with Crippen LogP contribution < -0.4 is 0 Å². The number of hydrogen-bond donors (Lipinski definition) is 3. The molecule has 0 aliphatic carbocycles. The summed E-state index contributed by atoms with van der Waals surface area (Å²) in [6.07, 6.45) is 4.75. The number of thiol groups is 1. The molecule has 0 fully saturated rings. The molecular formula is C15H24O3S. The highest BCUT2D eigenvalue weighted by Crippen LogP contribution is 2.11. The molecule has 0 saturated carbocycles. The normalized spacial score (nSPS) is 9.95.